The lowest BCUT2D eigenvalue weighted by molar-refractivity contribution is 0.0243. The minimum absolute atomic E-state index is 0. The largest absolute Gasteiger partial charge is 0.493 e. The monoisotopic (exact) mass is 463 g/mol. The molecule has 0 saturated carbocycles. The van der Waals surface area contributed by atoms with Gasteiger partial charge in [0.15, 0.2) is 17.5 Å². The van der Waals surface area contributed by atoms with Gasteiger partial charge in [-0.2, -0.15) is 0 Å². The lowest BCUT2D eigenvalue weighted by Gasteiger charge is -2.24. The molecule has 1 aromatic rings. The zero-order valence-corrected chi connectivity index (χ0v) is 17.9. The molecule has 2 N–H and O–H groups in total. The number of halogens is 1. The second-order valence-corrected chi connectivity index (χ2v) is 6.10. The minimum atomic E-state index is -0.0972. The quantitative estimate of drug-likeness (QED) is 0.370. The van der Waals surface area contributed by atoms with Gasteiger partial charge in [0.25, 0.3) is 0 Å². The van der Waals surface area contributed by atoms with Gasteiger partial charge >= 0.3 is 0 Å². The molecule has 1 aliphatic rings. The Bertz CT molecular complexity index is 560. The first-order valence-corrected chi connectivity index (χ1v) is 8.48. The highest BCUT2D eigenvalue weighted by Crippen LogP contribution is 2.28. The number of benzene rings is 1. The van der Waals surface area contributed by atoms with Crippen molar-refractivity contribution in [3.8, 4) is 11.5 Å². The average molecular weight is 463 g/mol. The maximum Gasteiger partial charge on any atom is 0.191 e. The summed E-state index contributed by atoms with van der Waals surface area (Å²) in [5.41, 5.74) is 1.00. The molecule has 142 valence electrons. The number of nitrogens with one attached hydrogen (secondary N) is 2. The second-order valence-electron chi connectivity index (χ2n) is 6.10. The van der Waals surface area contributed by atoms with Gasteiger partial charge in [0.1, 0.15) is 0 Å². The molecule has 1 aliphatic heterocycles. The molecule has 1 fully saturated rings. The number of hydrogen-bond donors (Lipinski definition) is 2. The number of nitrogens with zero attached hydrogens (tertiary/aromatic N) is 1. The molecule has 1 saturated heterocycles. The van der Waals surface area contributed by atoms with Crippen LogP contribution in [-0.4, -0.2) is 45.5 Å². The van der Waals surface area contributed by atoms with Crippen LogP contribution in [0.3, 0.4) is 0 Å². The molecule has 1 atom stereocenters. The van der Waals surface area contributed by atoms with E-state index in [-0.39, 0.29) is 29.6 Å². The maximum absolute atomic E-state index is 5.79. The lowest BCUT2D eigenvalue weighted by atomic mass is 10.0. The smallest absolute Gasteiger partial charge is 0.191 e. The molecule has 1 aromatic carbocycles. The van der Waals surface area contributed by atoms with Gasteiger partial charge in [0, 0.05) is 26.7 Å². The van der Waals surface area contributed by atoms with E-state index in [1.165, 1.54) is 0 Å². The van der Waals surface area contributed by atoms with Crippen molar-refractivity contribution in [1.82, 2.24) is 10.6 Å². The minimum Gasteiger partial charge on any atom is -0.493 e. The summed E-state index contributed by atoms with van der Waals surface area (Å²) in [5, 5.41) is 6.66. The number of hydrogen-bond acceptors (Lipinski definition) is 4. The third-order valence-corrected chi connectivity index (χ3v) is 4.14. The fourth-order valence-electron chi connectivity index (χ4n) is 2.75. The van der Waals surface area contributed by atoms with Crippen LogP contribution >= 0.6 is 24.0 Å². The Labute approximate surface area is 167 Å². The Morgan fingerprint density at radius 1 is 1.32 bits per heavy atom. The normalized spacial score (nSPS) is 19.9. The van der Waals surface area contributed by atoms with E-state index in [0.29, 0.717) is 13.2 Å². The van der Waals surface area contributed by atoms with Crippen LogP contribution in [0.25, 0.3) is 0 Å². The van der Waals surface area contributed by atoms with Crippen molar-refractivity contribution in [3.63, 3.8) is 0 Å². The van der Waals surface area contributed by atoms with Crippen molar-refractivity contribution in [2.24, 2.45) is 4.99 Å². The summed E-state index contributed by atoms with van der Waals surface area (Å²) in [5.74, 6) is 2.27. The van der Waals surface area contributed by atoms with Gasteiger partial charge in [-0.05, 0) is 44.4 Å². The van der Waals surface area contributed by atoms with Crippen molar-refractivity contribution < 1.29 is 14.2 Å². The van der Waals surface area contributed by atoms with E-state index < -0.39 is 0 Å². The zero-order chi connectivity index (χ0) is 17.4. The molecule has 6 nitrogen and oxygen atoms in total. The Kier molecular flexibility index (Phi) is 9.34. The topological polar surface area (TPSA) is 64.1 Å². The Balaban J connectivity index is 0.00000312. The molecule has 25 heavy (non-hydrogen) atoms. The van der Waals surface area contributed by atoms with Crippen LogP contribution < -0.4 is 20.1 Å². The number of ether oxygens (including phenoxy) is 3. The van der Waals surface area contributed by atoms with Crippen LogP contribution in [0.4, 0.5) is 0 Å². The fraction of sp³-hybridized carbons (Fsp3) is 0.611. The van der Waals surface area contributed by atoms with Crippen LogP contribution in [0, 0.1) is 0 Å². The Morgan fingerprint density at radius 3 is 2.72 bits per heavy atom. The standard InChI is InChI=1S/C18H29N3O3.HI/c1-5-23-15-8-7-14(11-16(15)22-4)12-20-17(19-3)21-13-18(2)9-6-10-24-18;/h7-8,11H,5-6,9-10,12-13H2,1-4H3,(H2,19,20,21);1H. The molecule has 0 bridgehead atoms. The first-order chi connectivity index (χ1) is 11.6. The predicted molar refractivity (Wildman–Crippen MR) is 111 cm³/mol. The zero-order valence-electron chi connectivity index (χ0n) is 15.6. The Hall–Kier alpha value is -1.22. The van der Waals surface area contributed by atoms with E-state index >= 15 is 0 Å². The highest BCUT2D eigenvalue weighted by atomic mass is 127. The summed E-state index contributed by atoms with van der Waals surface area (Å²) in [4.78, 5) is 4.27. The molecular weight excluding hydrogens is 433 g/mol. The molecular formula is C18H30IN3O3. The second kappa shape index (κ2) is 10.7. The van der Waals surface area contributed by atoms with Crippen molar-refractivity contribution >= 4 is 29.9 Å². The number of methoxy groups -OCH3 is 1. The SMILES string of the molecule is CCOc1ccc(CNC(=NC)NCC2(C)CCCO2)cc1OC.I. The first-order valence-electron chi connectivity index (χ1n) is 8.48. The average Bonchev–Trinajstić information content (AvgIpc) is 3.03. The van der Waals surface area contributed by atoms with Gasteiger partial charge in [0.2, 0.25) is 0 Å². The van der Waals surface area contributed by atoms with Crippen LogP contribution in [0.1, 0.15) is 32.3 Å². The van der Waals surface area contributed by atoms with Gasteiger partial charge < -0.3 is 24.8 Å². The van der Waals surface area contributed by atoms with Crippen LogP contribution in [0.15, 0.2) is 23.2 Å². The molecule has 1 heterocycles. The summed E-state index contributed by atoms with van der Waals surface area (Å²) >= 11 is 0. The molecule has 7 heteroatoms. The van der Waals surface area contributed by atoms with Gasteiger partial charge in [-0.1, -0.05) is 6.07 Å². The number of guanidine groups is 1. The van der Waals surface area contributed by atoms with E-state index in [1.54, 1.807) is 14.2 Å². The Morgan fingerprint density at radius 2 is 2.12 bits per heavy atom. The molecule has 2 rings (SSSR count). The van der Waals surface area contributed by atoms with Crippen molar-refractivity contribution in [2.75, 3.05) is 33.9 Å². The van der Waals surface area contributed by atoms with E-state index in [4.69, 9.17) is 14.2 Å². The first kappa shape index (κ1) is 21.8. The predicted octanol–water partition coefficient (Wildman–Crippen LogP) is 2.95. The molecule has 0 aliphatic carbocycles. The van der Waals surface area contributed by atoms with E-state index in [1.807, 2.05) is 25.1 Å². The van der Waals surface area contributed by atoms with Gasteiger partial charge in [0.05, 0.1) is 19.3 Å². The molecule has 0 aromatic heterocycles. The fourth-order valence-corrected chi connectivity index (χ4v) is 2.75. The van der Waals surface area contributed by atoms with Gasteiger partial charge in [-0.25, -0.2) is 0 Å². The summed E-state index contributed by atoms with van der Waals surface area (Å²) in [6.07, 6.45) is 2.20. The van der Waals surface area contributed by atoms with E-state index in [0.717, 1.165) is 49.0 Å². The molecule has 1 unspecified atom stereocenters. The van der Waals surface area contributed by atoms with Gasteiger partial charge in [-0.3, -0.25) is 4.99 Å². The third kappa shape index (κ3) is 6.54. The highest BCUT2D eigenvalue weighted by molar-refractivity contribution is 14.0. The molecule has 0 spiro atoms. The van der Waals surface area contributed by atoms with E-state index in [9.17, 15) is 0 Å². The lowest BCUT2D eigenvalue weighted by Crippen LogP contribution is -2.45. The van der Waals surface area contributed by atoms with Crippen molar-refractivity contribution in [1.29, 1.82) is 0 Å². The van der Waals surface area contributed by atoms with Crippen molar-refractivity contribution in [2.45, 2.75) is 38.8 Å². The number of rotatable bonds is 7. The molecule has 0 radical (unpaired) electrons. The summed E-state index contributed by atoms with van der Waals surface area (Å²) < 4.78 is 16.7. The van der Waals surface area contributed by atoms with Gasteiger partial charge in [-0.15, -0.1) is 24.0 Å². The highest BCUT2D eigenvalue weighted by Gasteiger charge is 2.29. The third-order valence-electron chi connectivity index (χ3n) is 4.14. The van der Waals surface area contributed by atoms with Crippen LogP contribution in [0.2, 0.25) is 0 Å². The number of aliphatic imine (C=N–C) groups is 1. The van der Waals surface area contributed by atoms with Crippen LogP contribution in [-0.2, 0) is 11.3 Å². The van der Waals surface area contributed by atoms with Crippen LogP contribution in [0.5, 0.6) is 11.5 Å². The summed E-state index contributed by atoms with van der Waals surface area (Å²) in [6.45, 7) is 6.96. The van der Waals surface area contributed by atoms with Crippen molar-refractivity contribution in [3.05, 3.63) is 23.8 Å². The maximum atomic E-state index is 5.79. The summed E-state index contributed by atoms with van der Waals surface area (Å²) in [6, 6.07) is 5.94. The molecule has 0 amide bonds. The van der Waals surface area contributed by atoms with E-state index in [2.05, 4.69) is 22.5 Å². The summed E-state index contributed by atoms with van der Waals surface area (Å²) in [7, 11) is 3.42.